The molecule has 4 rings (SSSR count). The number of aromatic amines is 4. The quantitative estimate of drug-likeness (QED) is 0.126. The van der Waals surface area contributed by atoms with Crippen LogP contribution < -0.4 is 22.0 Å². The van der Waals surface area contributed by atoms with Gasteiger partial charge in [0.2, 0.25) is 0 Å². The molecular weight excluding hydrogens is 612 g/mol. The van der Waals surface area contributed by atoms with Crippen molar-refractivity contribution in [2.75, 3.05) is 13.2 Å². The number of allylic oxidation sites excluding steroid dienone is 8. The average Bonchev–Trinajstić information content (AvgIpc) is 3.78. The highest BCUT2D eigenvalue weighted by Gasteiger charge is 2.28. The number of aryl methyl sites for hydroxylation is 1. The summed E-state index contributed by atoms with van der Waals surface area (Å²) in [4.78, 5) is 70.0. The van der Waals surface area contributed by atoms with Gasteiger partial charge < -0.3 is 14.6 Å². The number of aromatic nitrogens is 4. The van der Waals surface area contributed by atoms with E-state index in [4.69, 9.17) is 9.47 Å². The summed E-state index contributed by atoms with van der Waals surface area (Å²) in [6.07, 6.45) is 14.6. The fraction of sp³-hybridized carbons (Fsp3) is 0.226. The van der Waals surface area contributed by atoms with Gasteiger partial charge in [-0.15, -0.1) is 0 Å². The summed E-state index contributed by atoms with van der Waals surface area (Å²) in [6.45, 7) is 8.92. The molecule has 0 spiro atoms. The van der Waals surface area contributed by atoms with Crippen molar-refractivity contribution >= 4 is 47.3 Å². The van der Waals surface area contributed by atoms with Crippen molar-refractivity contribution in [1.82, 2.24) is 31.2 Å². The van der Waals surface area contributed by atoms with E-state index in [-0.39, 0.29) is 47.2 Å². The first-order valence-corrected chi connectivity index (χ1v) is 14.3. The number of nitrogens with zero attached hydrogens (tertiary/aromatic N) is 2. The number of carbonyl (C=O) groups excluding carboxylic acids is 4. The van der Waals surface area contributed by atoms with E-state index in [1.165, 1.54) is 12.2 Å². The molecular formula is C31H34N8O8. The van der Waals surface area contributed by atoms with Crippen molar-refractivity contribution in [1.29, 1.82) is 0 Å². The molecule has 2 aromatic rings. The van der Waals surface area contributed by atoms with Crippen LogP contribution in [-0.2, 0) is 23.9 Å². The van der Waals surface area contributed by atoms with Crippen molar-refractivity contribution in [2.45, 2.75) is 34.6 Å². The number of nitrogens with one attached hydrogen (secondary N) is 6. The van der Waals surface area contributed by atoms with Crippen LogP contribution in [0.3, 0.4) is 0 Å². The smallest absolute Gasteiger partial charge is 0.359 e. The Morgan fingerprint density at radius 1 is 0.723 bits per heavy atom. The Bertz CT molecular complexity index is 1900. The third-order valence-electron chi connectivity index (χ3n) is 6.28. The minimum absolute atomic E-state index is 0.0150. The van der Waals surface area contributed by atoms with Crippen molar-refractivity contribution in [3.8, 4) is 0 Å². The molecule has 16 heteroatoms. The number of amides is 2. The molecule has 2 aliphatic heterocycles. The molecule has 6 N–H and O–H groups in total. The lowest BCUT2D eigenvalue weighted by atomic mass is 10.1. The van der Waals surface area contributed by atoms with Gasteiger partial charge in [0.05, 0.1) is 41.2 Å². The highest BCUT2D eigenvalue weighted by atomic mass is 16.5. The molecule has 0 atom stereocenters. The fourth-order valence-electron chi connectivity index (χ4n) is 3.86. The average molecular weight is 647 g/mol. The molecule has 16 nitrogen and oxygen atoms in total. The van der Waals surface area contributed by atoms with E-state index in [2.05, 4.69) is 41.4 Å². The van der Waals surface area contributed by atoms with E-state index >= 15 is 0 Å². The Labute approximate surface area is 267 Å². The van der Waals surface area contributed by atoms with Crippen LogP contribution in [-0.4, -0.2) is 68.8 Å². The first-order valence-electron chi connectivity index (χ1n) is 14.3. The summed E-state index contributed by atoms with van der Waals surface area (Å²) in [5.41, 5.74) is 7.28. The second kappa shape index (κ2) is 16.7. The fourth-order valence-corrected chi connectivity index (χ4v) is 3.86. The standard InChI is InChI=1S/C18H20N4O6.C13H14N4O2/c1-4-27-17(25)13-11(15(23)21-19-13)8-6-10(3)7-9-12-14(18(26)28-5-2)20-22-16(12)24;1-8-10(12(18)16-14-8)6-4-3-5-7-11-9(2)15-17-13(11)19/h6-9H,4-5H2,1-3H3,(H,21,23)(H2,20,22,24);3-7H,1-2H3,(H,16,18)(H2,15,17,19). The Morgan fingerprint density at radius 2 is 1.36 bits per heavy atom. The van der Waals surface area contributed by atoms with E-state index in [1.807, 2.05) is 6.92 Å². The normalized spacial score (nSPS) is 16.5. The predicted octanol–water partition coefficient (Wildman–Crippen LogP) is 1.83. The Morgan fingerprint density at radius 3 is 2.00 bits per heavy atom. The van der Waals surface area contributed by atoms with Crippen LogP contribution >= 0.6 is 0 Å². The number of hydrogen-bond donors (Lipinski definition) is 6. The molecule has 0 aliphatic carbocycles. The zero-order chi connectivity index (χ0) is 34.5. The maximum atomic E-state index is 11.9. The Balaban J connectivity index is 0.000000274. The second-order valence-corrected chi connectivity index (χ2v) is 9.61. The van der Waals surface area contributed by atoms with Gasteiger partial charge in [-0.2, -0.15) is 10.2 Å². The largest absolute Gasteiger partial charge is 0.461 e. The molecule has 4 heterocycles. The molecule has 0 radical (unpaired) electrons. The summed E-state index contributed by atoms with van der Waals surface area (Å²) >= 11 is 0. The maximum absolute atomic E-state index is 11.9. The Hall–Kier alpha value is -6.32. The van der Waals surface area contributed by atoms with Gasteiger partial charge in [-0.25, -0.2) is 20.4 Å². The molecule has 47 heavy (non-hydrogen) atoms. The SMILES string of the molecule is CC1=NNC(=O)C1=CC=CC=Cc1c(C)[nH][nH]c1=O.CCOC(=O)C1=NNC(=O)C1=CC=C(C)C=Cc1c(C(=O)OCC)[nH][nH]c1=O. The number of rotatable bonds is 10. The number of ether oxygens (including phenoxy) is 2. The minimum Gasteiger partial charge on any atom is -0.461 e. The number of carbonyl (C=O) groups is 4. The minimum atomic E-state index is -0.702. The van der Waals surface area contributed by atoms with Gasteiger partial charge in [-0.05, 0) is 58.9 Å². The van der Waals surface area contributed by atoms with Crippen LogP contribution in [0.15, 0.2) is 79.0 Å². The van der Waals surface area contributed by atoms with E-state index in [0.717, 1.165) is 5.69 Å². The van der Waals surface area contributed by atoms with E-state index in [0.29, 0.717) is 22.4 Å². The van der Waals surface area contributed by atoms with Crippen molar-refractivity contribution in [3.63, 3.8) is 0 Å². The van der Waals surface area contributed by atoms with E-state index in [1.54, 1.807) is 70.2 Å². The van der Waals surface area contributed by atoms with Crippen molar-refractivity contribution < 1.29 is 28.7 Å². The van der Waals surface area contributed by atoms with Gasteiger partial charge in [-0.1, -0.05) is 36.0 Å². The number of H-pyrrole nitrogens is 4. The number of hydrazone groups is 2. The number of esters is 2. The molecule has 0 fully saturated rings. The summed E-state index contributed by atoms with van der Waals surface area (Å²) in [7, 11) is 0. The molecule has 246 valence electrons. The van der Waals surface area contributed by atoms with Gasteiger partial charge in [0.25, 0.3) is 22.9 Å². The van der Waals surface area contributed by atoms with Crippen molar-refractivity contribution in [3.05, 3.63) is 102 Å². The highest BCUT2D eigenvalue weighted by Crippen LogP contribution is 2.11. The van der Waals surface area contributed by atoms with Crippen LogP contribution in [0, 0.1) is 6.92 Å². The lowest BCUT2D eigenvalue weighted by molar-refractivity contribution is -0.135. The van der Waals surface area contributed by atoms with Gasteiger partial charge >= 0.3 is 11.9 Å². The highest BCUT2D eigenvalue weighted by molar-refractivity contribution is 6.51. The lowest BCUT2D eigenvalue weighted by Gasteiger charge is -2.00. The zero-order valence-electron chi connectivity index (χ0n) is 26.3. The van der Waals surface area contributed by atoms with Gasteiger partial charge in [-0.3, -0.25) is 34.5 Å². The molecule has 0 aromatic carbocycles. The maximum Gasteiger partial charge on any atom is 0.359 e. The van der Waals surface area contributed by atoms with Crippen LogP contribution in [0.1, 0.15) is 55.0 Å². The number of hydrogen-bond acceptors (Lipinski definition) is 10. The zero-order valence-corrected chi connectivity index (χ0v) is 26.3. The molecule has 0 saturated carbocycles. The van der Waals surface area contributed by atoms with E-state index < -0.39 is 23.4 Å². The van der Waals surface area contributed by atoms with Gasteiger partial charge in [0.15, 0.2) is 11.4 Å². The van der Waals surface area contributed by atoms with Crippen LogP contribution in [0.5, 0.6) is 0 Å². The third-order valence-corrected chi connectivity index (χ3v) is 6.28. The summed E-state index contributed by atoms with van der Waals surface area (Å²) in [5.74, 6) is -2.08. The van der Waals surface area contributed by atoms with Crippen molar-refractivity contribution in [2.24, 2.45) is 10.2 Å². The summed E-state index contributed by atoms with van der Waals surface area (Å²) in [6, 6.07) is 0. The molecule has 0 saturated heterocycles. The monoisotopic (exact) mass is 646 g/mol. The first-order chi connectivity index (χ1) is 22.5. The van der Waals surface area contributed by atoms with Crippen LogP contribution in [0.4, 0.5) is 0 Å². The van der Waals surface area contributed by atoms with Gasteiger partial charge in [0, 0.05) is 5.69 Å². The molecule has 0 bridgehead atoms. The lowest BCUT2D eigenvalue weighted by Crippen LogP contribution is -2.20. The van der Waals surface area contributed by atoms with Gasteiger partial charge in [0.1, 0.15) is 0 Å². The molecule has 0 unspecified atom stereocenters. The summed E-state index contributed by atoms with van der Waals surface area (Å²) in [5, 5.41) is 17.5. The second-order valence-electron chi connectivity index (χ2n) is 9.61. The first kappa shape index (κ1) is 35.2. The molecule has 2 amide bonds. The van der Waals surface area contributed by atoms with E-state index in [9.17, 15) is 28.8 Å². The topological polar surface area (TPSA) is 233 Å². The Kier molecular flexibility index (Phi) is 12.5. The molecule has 2 aliphatic rings. The van der Waals surface area contributed by atoms with Crippen LogP contribution in [0.25, 0.3) is 12.2 Å². The molecule has 2 aromatic heterocycles. The van der Waals surface area contributed by atoms with Crippen LogP contribution in [0.2, 0.25) is 0 Å². The third kappa shape index (κ3) is 9.34. The summed E-state index contributed by atoms with van der Waals surface area (Å²) < 4.78 is 9.73. The predicted molar refractivity (Wildman–Crippen MR) is 174 cm³/mol.